The second-order valence-electron chi connectivity index (χ2n) is 7.94. The predicted molar refractivity (Wildman–Crippen MR) is 131 cm³/mol. The number of amides is 2. The second kappa shape index (κ2) is 12.2. The van der Waals surface area contributed by atoms with Gasteiger partial charge in [-0.15, -0.1) is 24.0 Å². The lowest BCUT2D eigenvalue weighted by Gasteiger charge is -2.35. The number of hydrogen-bond donors (Lipinski definition) is 2. The lowest BCUT2D eigenvalue weighted by atomic mass is 10.0. The molecule has 2 N–H and O–H groups in total. The Morgan fingerprint density at radius 2 is 1.97 bits per heavy atom. The highest BCUT2D eigenvalue weighted by Gasteiger charge is 2.26. The molecule has 3 rings (SSSR count). The van der Waals surface area contributed by atoms with E-state index in [1.165, 1.54) is 11.0 Å². The maximum absolute atomic E-state index is 14.3. The molecule has 0 spiro atoms. The molecule has 0 aromatic heterocycles. The third-order valence-electron chi connectivity index (χ3n) is 5.53. The lowest BCUT2D eigenvalue weighted by molar-refractivity contribution is -0.147. The highest BCUT2D eigenvalue weighted by molar-refractivity contribution is 14.0. The van der Waals surface area contributed by atoms with Crippen molar-refractivity contribution in [1.29, 1.82) is 0 Å². The summed E-state index contributed by atoms with van der Waals surface area (Å²) in [5, 5.41) is 6.66. The van der Waals surface area contributed by atoms with Crippen molar-refractivity contribution < 1.29 is 14.0 Å². The Bertz CT molecular complexity index is 788. The van der Waals surface area contributed by atoms with Crippen molar-refractivity contribution in [1.82, 2.24) is 15.5 Å². The van der Waals surface area contributed by atoms with Crippen LogP contribution in [0, 0.1) is 12.7 Å². The molecule has 2 amide bonds. The summed E-state index contributed by atoms with van der Waals surface area (Å²) in [6, 6.07) is 5.33. The number of aryl methyl sites for hydroxylation is 1. The Balaban J connectivity index is 0.00000341. The first-order chi connectivity index (χ1) is 14.5. The first-order valence-corrected chi connectivity index (χ1v) is 10.9. The smallest absolute Gasteiger partial charge is 0.229 e. The zero-order valence-electron chi connectivity index (χ0n) is 18.3. The number of carbonyl (C=O) groups is 2. The SMILES string of the molecule is CCNC(=NCCN1C(=O)CCCC1=O)NC1CCCN(c2cc(C)ccc2F)C1.I. The normalized spacial score (nSPS) is 19.8. The highest BCUT2D eigenvalue weighted by atomic mass is 127. The third kappa shape index (κ3) is 7.05. The molecule has 0 bridgehead atoms. The van der Waals surface area contributed by atoms with Gasteiger partial charge in [0.25, 0.3) is 0 Å². The predicted octanol–water partition coefficient (Wildman–Crippen LogP) is 2.82. The van der Waals surface area contributed by atoms with Crippen molar-refractivity contribution in [3.8, 4) is 0 Å². The van der Waals surface area contributed by atoms with Gasteiger partial charge < -0.3 is 15.5 Å². The summed E-state index contributed by atoms with van der Waals surface area (Å²) in [5.74, 6) is 0.244. The largest absolute Gasteiger partial charge is 0.367 e. The topological polar surface area (TPSA) is 77.0 Å². The molecule has 7 nitrogen and oxygen atoms in total. The molecule has 0 radical (unpaired) electrons. The van der Waals surface area contributed by atoms with Crippen LogP contribution in [0.1, 0.15) is 44.6 Å². The molecule has 2 fully saturated rings. The fraction of sp³-hybridized carbons (Fsp3) is 0.591. The molecule has 2 aliphatic heterocycles. The summed E-state index contributed by atoms with van der Waals surface area (Å²) in [6.45, 7) is 6.84. The number of guanidine groups is 1. The van der Waals surface area contributed by atoms with Gasteiger partial charge in [0.1, 0.15) is 5.82 Å². The van der Waals surface area contributed by atoms with Crippen molar-refractivity contribution in [2.24, 2.45) is 4.99 Å². The minimum atomic E-state index is -0.197. The zero-order chi connectivity index (χ0) is 21.5. The number of rotatable bonds is 6. The molecule has 1 unspecified atom stereocenters. The first-order valence-electron chi connectivity index (χ1n) is 10.9. The summed E-state index contributed by atoms with van der Waals surface area (Å²) in [4.78, 5) is 31.8. The van der Waals surface area contributed by atoms with Crippen molar-refractivity contribution in [2.75, 3.05) is 37.6 Å². The number of nitrogens with one attached hydrogen (secondary N) is 2. The van der Waals surface area contributed by atoms with Crippen LogP contribution in [0.5, 0.6) is 0 Å². The Kier molecular flexibility index (Phi) is 9.98. The van der Waals surface area contributed by atoms with E-state index >= 15 is 0 Å². The van der Waals surface area contributed by atoms with Crippen molar-refractivity contribution >= 4 is 47.4 Å². The number of nitrogens with zero attached hydrogens (tertiary/aromatic N) is 3. The molecule has 9 heteroatoms. The van der Waals surface area contributed by atoms with Crippen LogP contribution in [-0.2, 0) is 9.59 Å². The Morgan fingerprint density at radius 3 is 2.68 bits per heavy atom. The Labute approximate surface area is 200 Å². The zero-order valence-corrected chi connectivity index (χ0v) is 20.7. The number of piperidine rings is 2. The molecule has 1 atom stereocenters. The number of aliphatic imine (C=N–C) groups is 1. The van der Waals surface area contributed by atoms with Gasteiger partial charge in [-0.25, -0.2) is 4.39 Å². The average molecular weight is 545 g/mol. The second-order valence-corrected chi connectivity index (χ2v) is 7.94. The number of benzene rings is 1. The van der Waals surface area contributed by atoms with Gasteiger partial charge in [-0.3, -0.25) is 19.5 Å². The fourth-order valence-electron chi connectivity index (χ4n) is 4.00. The molecular weight excluding hydrogens is 512 g/mol. The van der Waals surface area contributed by atoms with Gasteiger partial charge in [-0.05, 0) is 50.8 Å². The van der Waals surface area contributed by atoms with Crippen molar-refractivity contribution in [2.45, 2.75) is 52.0 Å². The van der Waals surface area contributed by atoms with Gasteiger partial charge in [0.2, 0.25) is 11.8 Å². The summed E-state index contributed by atoms with van der Waals surface area (Å²) >= 11 is 0. The first kappa shape index (κ1) is 25.4. The van der Waals surface area contributed by atoms with Crippen molar-refractivity contribution in [3.63, 3.8) is 0 Å². The number of halogens is 2. The molecule has 0 aliphatic carbocycles. The van der Waals surface area contributed by atoms with Crippen LogP contribution in [-0.4, -0.2) is 61.4 Å². The monoisotopic (exact) mass is 545 g/mol. The minimum absolute atomic E-state index is 0. The van der Waals surface area contributed by atoms with Gasteiger partial charge in [-0.1, -0.05) is 6.07 Å². The highest BCUT2D eigenvalue weighted by Crippen LogP contribution is 2.24. The molecule has 172 valence electrons. The summed E-state index contributed by atoms with van der Waals surface area (Å²) < 4.78 is 14.3. The van der Waals surface area contributed by atoms with Gasteiger partial charge in [-0.2, -0.15) is 0 Å². The molecule has 1 aromatic carbocycles. The van der Waals surface area contributed by atoms with Crippen LogP contribution < -0.4 is 15.5 Å². The van der Waals surface area contributed by atoms with E-state index < -0.39 is 0 Å². The molecule has 2 saturated heterocycles. The molecular formula is C22H33FIN5O2. The van der Waals surface area contributed by atoms with Crippen LogP contribution in [0.3, 0.4) is 0 Å². The average Bonchev–Trinajstić information content (AvgIpc) is 2.72. The quantitative estimate of drug-likeness (QED) is 0.249. The van der Waals surface area contributed by atoms with Crippen LogP contribution in [0.4, 0.5) is 10.1 Å². The van der Waals surface area contributed by atoms with E-state index in [1.807, 2.05) is 19.9 Å². The van der Waals surface area contributed by atoms with Crippen LogP contribution in [0.2, 0.25) is 0 Å². The number of hydrogen-bond acceptors (Lipinski definition) is 4. The van der Waals surface area contributed by atoms with Crippen LogP contribution in [0.25, 0.3) is 0 Å². The summed E-state index contributed by atoms with van der Waals surface area (Å²) in [5.41, 5.74) is 1.68. The molecule has 0 saturated carbocycles. The summed E-state index contributed by atoms with van der Waals surface area (Å²) in [7, 11) is 0. The number of likely N-dealkylation sites (tertiary alicyclic amines) is 1. The lowest BCUT2D eigenvalue weighted by Crippen LogP contribution is -2.51. The van der Waals surface area contributed by atoms with Crippen LogP contribution in [0.15, 0.2) is 23.2 Å². The molecule has 31 heavy (non-hydrogen) atoms. The van der Waals surface area contributed by atoms with Crippen LogP contribution >= 0.6 is 24.0 Å². The van der Waals surface area contributed by atoms with E-state index in [9.17, 15) is 14.0 Å². The van der Waals surface area contributed by atoms with Gasteiger partial charge in [0.05, 0.1) is 12.2 Å². The fourth-order valence-corrected chi connectivity index (χ4v) is 4.00. The van der Waals surface area contributed by atoms with E-state index in [0.717, 1.165) is 24.9 Å². The Morgan fingerprint density at radius 1 is 1.23 bits per heavy atom. The van der Waals surface area contributed by atoms with E-state index in [4.69, 9.17) is 0 Å². The van der Waals surface area contributed by atoms with Gasteiger partial charge in [0.15, 0.2) is 5.96 Å². The third-order valence-corrected chi connectivity index (χ3v) is 5.53. The number of anilines is 1. The number of carbonyl (C=O) groups excluding carboxylic acids is 2. The van der Waals surface area contributed by atoms with E-state index in [1.54, 1.807) is 6.07 Å². The standard InChI is InChI=1S/C22H32FN5O2.HI/c1-3-24-22(25-11-13-28-20(29)7-4-8-21(28)30)26-17-6-5-12-27(15-17)19-14-16(2)9-10-18(19)23;/h9-10,14,17H,3-8,11-13,15H2,1-2H3,(H2,24,25,26);1H. The van der Waals surface area contributed by atoms with Gasteiger partial charge in [0, 0.05) is 45.1 Å². The van der Waals surface area contributed by atoms with E-state index in [-0.39, 0.29) is 47.7 Å². The summed E-state index contributed by atoms with van der Waals surface area (Å²) in [6.07, 6.45) is 3.43. The maximum Gasteiger partial charge on any atom is 0.229 e. The molecule has 1 aromatic rings. The minimum Gasteiger partial charge on any atom is -0.367 e. The number of imide groups is 1. The Hall–Kier alpha value is -1.91. The molecule has 2 aliphatic rings. The van der Waals surface area contributed by atoms with Crippen molar-refractivity contribution in [3.05, 3.63) is 29.6 Å². The van der Waals surface area contributed by atoms with E-state index in [2.05, 4.69) is 20.5 Å². The maximum atomic E-state index is 14.3. The van der Waals surface area contributed by atoms with E-state index in [0.29, 0.717) is 57.1 Å². The molecule has 2 heterocycles. The van der Waals surface area contributed by atoms with Gasteiger partial charge >= 0.3 is 0 Å².